The minimum Gasteiger partial charge on any atom is -0.480 e. The number of carbonyl (C=O) groups is 2. The third kappa shape index (κ3) is 5.15. The molecule has 0 aliphatic carbocycles. The lowest BCUT2D eigenvalue weighted by Gasteiger charge is -2.06. The van der Waals surface area contributed by atoms with E-state index in [2.05, 4.69) is 10.4 Å². The van der Waals surface area contributed by atoms with Gasteiger partial charge >= 0.3 is 5.97 Å². The maximum atomic E-state index is 12.2. The maximum Gasteiger partial charge on any atom is 0.325 e. The lowest BCUT2D eigenvalue weighted by Crippen LogP contribution is -2.14. The summed E-state index contributed by atoms with van der Waals surface area (Å²) in [6, 6.07) is 7.15. The molecule has 0 fully saturated rings. The lowest BCUT2D eigenvalue weighted by atomic mass is 10.2. The minimum atomic E-state index is -3.33. The van der Waals surface area contributed by atoms with Crippen molar-refractivity contribution in [3.05, 3.63) is 42.1 Å². The smallest absolute Gasteiger partial charge is 0.325 e. The second kappa shape index (κ2) is 7.93. The van der Waals surface area contributed by atoms with Crippen LogP contribution in [0.25, 0.3) is 0 Å². The van der Waals surface area contributed by atoms with Crippen LogP contribution in [0.5, 0.6) is 0 Å². The Morgan fingerprint density at radius 3 is 2.48 bits per heavy atom. The number of aromatic nitrogens is 2. The number of carbonyl (C=O) groups excluding carboxylic acids is 1. The molecule has 1 heterocycles. The van der Waals surface area contributed by atoms with E-state index in [4.69, 9.17) is 5.11 Å². The zero-order chi connectivity index (χ0) is 18.4. The summed E-state index contributed by atoms with van der Waals surface area (Å²) in [5, 5.41) is 15.1. The normalized spacial score (nSPS) is 11.2. The standard InChI is InChI=1S/C16H19N3O5S/c1-2-3-10-25(23,24)13-6-4-12(5-7-13)16(22)17-14-8-9-19(18-14)11-15(20)21/h4-9H,2-3,10-11H2,1H3,(H,20,21)(H,17,18,22). The lowest BCUT2D eigenvalue weighted by molar-refractivity contribution is -0.137. The van der Waals surface area contributed by atoms with E-state index in [0.717, 1.165) is 6.42 Å². The molecule has 2 N–H and O–H groups in total. The van der Waals surface area contributed by atoms with Crippen molar-refractivity contribution in [3.63, 3.8) is 0 Å². The van der Waals surface area contributed by atoms with Crippen molar-refractivity contribution in [1.82, 2.24) is 9.78 Å². The van der Waals surface area contributed by atoms with Gasteiger partial charge in [0.2, 0.25) is 0 Å². The van der Waals surface area contributed by atoms with Crippen LogP contribution in [0.1, 0.15) is 30.1 Å². The summed E-state index contributed by atoms with van der Waals surface area (Å²) in [7, 11) is -3.33. The van der Waals surface area contributed by atoms with E-state index in [1.165, 1.54) is 41.2 Å². The first-order chi connectivity index (χ1) is 11.8. The average molecular weight is 365 g/mol. The van der Waals surface area contributed by atoms with Gasteiger partial charge in [-0.05, 0) is 30.7 Å². The molecule has 8 nitrogen and oxygen atoms in total. The number of rotatable bonds is 8. The van der Waals surface area contributed by atoms with Crippen LogP contribution in [0.15, 0.2) is 41.4 Å². The first-order valence-corrected chi connectivity index (χ1v) is 9.36. The number of hydrogen-bond donors (Lipinski definition) is 2. The molecule has 0 spiro atoms. The highest BCUT2D eigenvalue weighted by Crippen LogP contribution is 2.15. The molecule has 2 rings (SSSR count). The summed E-state index contributed by atoms with van der Waals surface area (Å²) < 4.78 is 25.4. The number of amides is 1. The second-order valence-corrected chi connectivity index (χ2v) is 7.55. The summed E-state index contributed by atoms with van der Waals surface area (Å²) >= 11 is 0. The Kier molecular flexibility index (Phi) is 5.92. The Balaban J connectivity index is 2.05. The molecule has 0 unspecified atom stereocenters. The summed E-state index contributed by atoms with van der Waals surface area (Å²) in [4.78, 5) is 22.9. The van der Waals surface area contributed by atoms with Crippen molar-refractivity contribution in [2.24, 2.45) is 0 Å². The number of nitrogens with zero attached hydrogens (tertiary/aromatic N) is 2. The Morgan fingerprint density at radius 2 is 1.88 bits per heavy atom. The molecule has 1 amide bonds. The third-order valence-electron chi connectivity index (χ3n) is 3.42. The predicted molar refractivity (Wildman–Crippen MR) is 91.2 cm³/mol. The van der Waals surface area contributed by atoms with Gasteiger partial charge in [0.15, 0.2) is 15.7 Å². The Labute approximate surface area is 145 Å². The van der Waals surface area contributed by atoms with E-state index in [9.17, 15) is 18.0 Å². The van der Waals surface area contributed by atoms with E-state index in [1.54, 1.807) is 0 Å². The molecule has 0 saturated heterocycles. The van der Waals surface area contributed by atoms with Gasteiger partial charge in [-0.25, -0.2) is 8.42 Å². The van der Waals surface area contributed by atoms with Gasteiger partial charge in [0.1, 0.15) is 6.54 Å². The number of unbranched alkanes of at least 4 members (excludes halogenated alkanes) is 1. The van der Waals surface area contributed by atoms with Crippen molar-refractivity contribution >= 4 is 27.5 Å². The third-order valence-corrected chi connectivity index (χ3v) is 5.24. The first-order valence-electron chi connectivity index (χ1n) is 7.71. The van der Waals surface area contributed by atoms with Crippen LogP contribution in [0.3, 0.4) is 0 Å². The fourth-order valence-corrected chi connectivity index (χ4v) is 3.56. The Morgan fingerprint density at radius 1 is 1.20 bits per heavy atom. The zero-order valence-corrected chi connectivity index (χ0v) is 14.5. The molecule has 0 bridgehead atoms. The summed E-state index contributed by atoms with van der Waals surface area (Å²) in [6.07, 6.45) is 2.81. The van der Waals surface area contributed by atoms with Crippen LogP contribution in [0, 0.1) is 0 Å². The van der Waals surface area contributed by atoms with Crippen LogP contribution >= 0.6 is 0 Å². The quantitative estimate of drug-likeness (QED) is 0.736. The van der Waals surface area contributed by atoms with Crippen LogP contribution in [-0.2, 0) is 21.2 Å². The molecule has 9 heteroatoms. The largest absolute Gasteiger partial charge is 0.480 e. The van der Waals surface area contributed by atoms with Gasteiger partial charge in [-0.1, -0.05) is 13.3 Å². The molecule has 25 heavy (non-hydrogen) atoms. The second-order valence-electron chi connectivity index (χ2n) is 5.44. The maximum absolute atomic E-state index is 12.2. The molecule has 0 saturated carbocycles. The van der Waals surface area contributed by atoms with Crippen molar-refractivity contribution in [1.29, 1.82) is 0 Å². The highest BCUT2D eigenvalue weighted by Gasteiger charge is 2.15. The SMILES string of the molecule is CCCCS(=O)(=O)c1ccc(C(=O)Nc2ccn(CC(=O)O)n2)cc1. The highest BCUT2D eigenvalue weighted by atomic mass is 32.2. The van der Waals surface area contributed by atoms with Crippen LogP contribution in [0.2, 0.25) is 0 Å². The Bertz CT molecular complexity index is 856. The summed E-state index contributed by atoms with van der Waals surface area (Å²) in [6.45, 7) is 1.61. The molecule has 1 aromatic carbocycles. The molecule has 0 atom stereocenters. The highest BCUT2D eigenvalue weighted by molar-refractivity contribution is 7.91. The van der Waals surface area contributed by atoms with Crippen LogP contribution in [-0.4, -0.2) is 40.9 Å². The van der Waals surface area contributed by atoms with Gasteiger partial charge in [-0.3, -0.25) is 14.3 Å². The number of carboxylic acid groups (broad SMARTS) is 1. The number of hydrogen-bond acceptors (Lipinski definition) is 5. The fourth-order valence-electron chi connectivity index (χ4n) is 2.11. The van der Waals surface area contributed by atoms with Gasteiger partial charge in [0.25, 0.3) is 5.91 Å². The zero-order valence-electron chi connectivity index (χ0n) is 13.7. The van der Waals surface area contributed by atoms with Crippen molar-refractivity contribution in [2.75, 3.05) is 11.1 Å². The summed E-state index contributed by atoms with van der Waals surface area (Å²) in [5.41, 5.74) is 0.280. The number of benzene rings is 1. The van der Waals surface area contributed by atoms with Crippen LogP contribution in [0.4, 0.5) is 5.82 Å². The molecule has 2 aromatic rings. The van der Waals surface area contributed by atoms with Gasteiger partial charge < -0.3 is 10.4 Å². The molecular weight excluding hydrogens is 346 g/mol. The molecule has 134 valence electrons. The summed E-state index contributed by atoms with van der Waals surface area (Å²) in [5.74, 6) is -1.21. The molecule has 0 aliphatic heterocycles. The van der Waals surface area contributed by atoms with E-state index in [0.29, 0.717) is 6.42 Å². The number of aliphatic carboxylic acids is 1. The minimum absolute atomic E-state index is 0.0794. The topological polar surface area (TPSA) is 118 Å². The van der Waals surface area contributed by atoms with Crippen molar-refractivity contribution in [3.8, 4) is 0 Å². The van der Waals surface area contributed by atoms with E-state index in [-0.39, 0.29) is 28.6 Å². The van der Waals surface area contributed by atoms with Crippen molar-refractivity contribution in [2.45, 2.75) is 31.2 Å². The average Bonchev–Trinajstić information content (AvgIpc) is 2.99. The van der Waals surface area contributed by atoms with E-state index >= 15 is 0 Å². The van der Waals surface area contributed by atoms with E-state index < -0.39 is 21.7 Å². The predicted octanol–water partition coefficient (Wildman–Crippen LogP) is 1.79. The van der Waals surface area contributed by atoms with Crippen molar-refractivity contribution < 1.29 is 23.1 Å². The number of sulfone groups is 1. The van der Waals surface area contributed by atoms with Gasteiger partial charge in [0, 0.05) is 17.8 Å². The first kappa shape index (κ1) is 18.7. The van der Waals surface area contributed by atoms with Gasteiger partial charge in [-0.2, -0.15) is 5.10 Å². The molecular formula is C16H19N3O5S. The van der Waals surface area contributed by atoms with E-state index in [1.807, 2.05) is 6.92 Å². The monoisotopic (exact) mass is 365 g/mol. The number of anilines is 1. The number of carboxylic acids is 1. The van der Waals surface area contributed by atoms with Crippen LogP contribution < -0.4 is 5.32 Å². The molecule has 1 aromatic heterocycles. The molecule has 0 radical (unpaired) electrons. The van der Waals surface area contributed by atoms with Gasteiger partial charge in [0.05, 0.1) is 10.6 Å². The Hall–Kier alpha value is -2.68. The fraction of sp³-hybridized carbons (Fsp3) is 0.312. The van der Waals surface area contributed by atoms with Gasteiger partial charge in [-0.15, -0.1) is 0 Å². The number of nitrogens with one attached hydrogen (secondary N) is 1. The molecule has 0 aliphatic rings.